The molecule has 1 N–H and O–H groups in total. The largest absolute Gasteiger partial charge is 0.463 e. The van der Waals surface area contributed by atoms with Crippen LogP contribution >= 0.6 is 0 Å². The highest BCUT2D eigenvalue weighted by atomic mass is 19.4. The molecule has 0 radical (unpaired) electrons. The molecule has 0 saturated heterocycles. The summed E-state index contributed by atoms with van der Waals surface area (Å²) in [6, 6.07) is 13.5. The number of carbonyl (C=O) groups is 2. The Balaban J connectivity index is 1.85. The SMILES string of the molecule is CCOC(=O)C1=C(Nc2ccc(C(F)(F)F)cc2)C(=O)N(c2ccc(C(F)(F)F)cc2)C1c1ccc(C)cc1. The van der Waals surface area contributed by atoms with Crippen molar-refractivity contribution in [2.24, 2.45) is 0 Å². The van der Waals surface area contributed by atoms with Crippen molar-refractivity contribution in [2.45, 2.75) is 32.2 Å². The molecule has 0 aromatic heterocycles. The Morgan fingerprint density at radius 2 is 1.36 bits per heavy atom. The lowest BCUT2D eigenvalue weighted by atomic mass is 9.97. The number of benzene rings is 3. The molecule has 3 aromatic carbocycles. The first-order valence-electron chi connectivity index (χ1n) is 11.7. The van der Waals surface area contributed by atoms with Gasteiger partial charge in [0.2, 0.25) is 0 Å². The number of hydrogen-bond donors (Lipinski definition) is 1. The number of ether oxygens (including phenoxy) is 1. The number of nitrogens with one attached hydrogen (secondary N) is 1. The van der Waals surface area contributed by atoms with E-state index in [1.165, 1.54) is 0 Å². The Labute approximate surface area is 219 Å². The van der Waals surface area contributed by atoms with Gasteiger partial charge >= 0.3 is 18.3 Å². The van der Waals surface area contributed by atoms with E-state index < -0.39 is 41.4 Å². The maximum absolute atomic E-state index is 13.8. The first-order valence-corrected chi connectivity index (χ1v) is 11.7. The number of alkyl halides is 6. The molecule has 5 nitrogen and oxygen atoms in total. The first-order chi connectivity index (χ1) is 18.3. The number of halogens is 6. The molecule has 0 bridgehead atoms. The second-order valence-corrected chi connectivity index (χ2v) is 8.74. The minimum Gasteiger partial charge on any atom is -0.463 e. The van der Waals surface area contributed by atoms with Gasteiger partial charge in [-0.3, -0.25) is 9.69 Å². The average molecular weight is 548 g/mol. The van der Waals surface area contributed by atoms with Crippen molar-refractivity contribution >= 4 is 23.3 Å². The summed E-state index contributed by atoms with van der Waals surface area (Å²) in [5.74, 6) is -1.64. The first kappa shape index (κ1) is 27.7. The lowest BCUT2D eigenvalue weighted by molar-refractivity contribution is -0.139. The Morgan fingerprint density at radius 3 is 1.85 bits per heavy atom. The van der Waals surface area contributed by atoms with Gasteiger partial charge in [0.05, 0.1) is 29.3 Å². The predicted octanol–water partition coefficient (Wildman–Crippen LogP) is 7.05. The number of amides is 1. The fraction of sp³-hybridized carbons (Fsp3) is 0.214. The van der Waals surface area contributed by atoms with Crippen molar-refractivity contribution in [2.75, 3.05) is 16.8 Å². The lowest BCUT2D eigenvalue weighted by Gasteiger charge is -2.27. The lowest BCUT2D eigenvalue weighted by Crippen LogP contribution is -2.32. The van der Waals surface area contributed by atoms with Gasteiger partial charge in [-0.2, -0.15) is 26.3 Å². The van der Waals surface area contributed by atoms with Crippen molar-refractivity contribution < 1.29 is 40.7 Å². The Kier molecular flexibility index (Phi) is 7.45. The fourth-order valence-corrected chi connectivity index (χ4v) is 4.19. The van der Waals surface area contributed by atoms with Crippen LogP contribution < -0.4 is 10.2 Å². The monoisotopic (exact) mass is 548 g/mol. The normalized spacial score (nSPS) is 16.1. The second-order valence-electron chi connectivity index (χ2n) is 8.74. The number of hydrogen-bond acceptors (Lipinski definition) is 4. The standard InChI is InChI=1S/C28H22F6N2O3/c1-3-39-26(38)22-23(35-20-12-8-18(9-13-20)27(29,30)31)25(37)36(24(22)17-6-4-16(2)5-7-17)21-14-10-19(11-15-21)28(32,33)34/h4-15,24,35H,3H2,1-2H3. The third-order valence-electron chi connectivity index (χ3n) is 6.08. The summed E-state index contributed by atoms with van der Waals surface area (Å²) in [5.41, 5.74) is -0.713. The molecular formula is C28H22F6N2O3. The van der Waals surface area contributed by atoms with E-state index in [2.05, 4.69) is 5.32 Å². The Morgan fingerprint density at radius 1 is 0.846 bits per heavy atom. The molecule has 1 heterocycles. The molecule has 39 heavy (non-hydrogen) atoms. The summed E-state index contributed by atoms with van der Waals surface area (Å²) in [7, 11) is 0. The van der Waals surface area contributed by atoms with Crippen LogP contribution in [0.4, 0.5) is 37.7 Å². The Bertz CT molecular complexity index is 1390. The highest BCUT2D eigenvalue weighted by Crippen LogP contribution is 2.43. The summed E-state index contributed by atoms with van der Waals surface area (Å²) < 4.78 is 83.8. The van der Waals surface area contributed by atoms with Gasteiger partial charge in [-0.25, -0.2) is 4.79 Å². The molecule has 1 amide bonds. The van der Waals surface area contributed by atoms with Gasteiger partial charge in [-0.1, -0.05) is 29.8 Å². The molecule has 0 spiro atoms. The third-order valence-corrected chi connectivity index (χ3v) is 6.08. The number of carbonyl (C=O) groups excluding carboxylic acids is 2. The number of nitrogens with zero attached hydrogens (tertiary/aromatic N) is 1. The van der Waals surface area contributed by atoms with Gasteiger partial charge in [0, 0.05) is 11.4 Å². The van der Waals surface area contributed by atoms with E-state index in [4.69, 9.17) is 4.74 Å². The molecule has 11 heteroatoms. The number of esters is 1. The zero-order chi connectivity index (χ0) is 28.5. The number of anilines is 2. The summed E-state index contributed by atoms with van der Waals surface area (Å²) in [4.78, 5) is 28.1. The molecule has 204 valence electrons. The van der Waals surface area contributed by atoms with Crippen molar-refractivity contribution in [3.05, 3.63) is 106 Å². The van der Waals surface area contributed by atoms with Crippen LogP contribution in [0.1, 0.15) is 35.2 Å². The maximum atomic E-state index is 13.8. The van der Waals surface area contributed by atoms with E-state index in [9.17, 15) is 35.9 Å². The fourth-order valence-electron chi connectivity index (χ4n) is 4.19. The Hall–Kier alpha value is -4.28. The second kappa shape index (κ2) is 10.5. The molecule has 4 rings (SSSR count). The highest BCUT2D eigenvalue weighted by Gasteiger charge is 2.45. The third kappa shape index (κ3) is 5.76. The predicted molar refractivity (Wildman–Crippen MR) is 132 cm³/mol. The van der Waals surface area contributed by atoms with E-state index in [1.807, 2.05) is 6.92 Å². The van der Waals surface area contributed by atoms with Crippen LogP contribution in [0.3, 0.4) is 0 Å². The molecule has 3 aromatic rings. The molecule has 0 aliphatic carbocycles. The van der Waals surface area contributed by atoms with Crippen LogP contribution in [0, 0.1) is 6.92 Å². The van der Waals surface area contributed by atoms with E-state index in [0.717, 1.165) is 59.0 Å². The molecular weight excluding hydrogens is 526 g/mol. The minimum atomic E-state index is -4.60. The zero-order valence-corrected chi connectivity index (χ0v) is 20.7. The summed E-state index contributed by atoms with van der Waals surface area (Å²) in [6.07, 6.45) is -9.18. The van der Waals surface area contributed by atoms with Crippen molar-refractivity contribution in [1.29, 1.82) is 0 Å². The minimum absolute atomic E-state index is 0.0367. The summed E-state index contributed by atoms with van der Waals surface area (Å²) in [5, 5.41) is 2.75. The van der Waals surface area contributed by atoms with Crippen LogP contribution in [-0.4, -0.2) is 18.5 Å². The molecule has 1 atom stereocenters. The molecule has 1 unspecified atom stereocenters. The summed E-state index contributed by atoms with van der Waals surface area (Å²) >= 11 is 0. The molecule has 1 aliphatic heterocycles. The van der Waals surface area contributed by atoms with E-state index in [1.54, 1.807) is 31.2 Å². The van der Waals surface area contributed by atoms with Crippen LogP contribution in [0.2, 0.25) is 0 Å². The quantitative estimate of drug-likeness (QED) is 0.265. The zero-order valence-electron chi connectivity index (χ0n) is 20.7. The van der Waals surface area contributed by atoms with Crippen LogP contribution in [0.25, 0.3) is 0 Å². The van der Waals surface area contributed by atoms with Gasteiger partial charge in [-0.15, -0.1) is 0 Å². The van der Waals surface area contributed by atoms with E-state index in [-0.39, 0.29) is 29.3 Å². The molecule has 0 fully saturated rings. The number of aryl methyl sites for hydroxylation is 1. The highest BCUT2D eigenvalue weighted by molar-refractivity contribution is 6.18. The molecule has 0 saturated carbocycles. The van der Waals surface area contributed by atoms with E-state index >= 15 is 0 Å². The van der Waals surface area contributed by atoms with Crippen LogP contribution in [0.15, 0.2) is 84.1 Å². The van der Waals surface area contributed by atoms with Crippen LogP contribution in [0.5, 0.6) is 0 Å². The van der Waals surface area contributed by atoms with Gasteiger partial charge in [0.1, 0.15) is 5.70 Å². The van der Waals surface area contributed by atoms with Crippen molar-refractivity contribution in [3.63, 3.8) is 0 Å². The topological polar surface area (TPSA) is 58.6 Å². The maximum Gasteiger partial charge on any atom is 0.416 e. The summed E-state index contributed by atoms with van der Waals surface area (Å²) in [6.45, 7) is 3.36. The van der Waals surface area contributed by atoms with Crippen molar-refractivity contribution in [3.8, 4) is 0 Å². The average Bonchev–Trinajstić information content (AvgIpc) is 3.16. The van der Waals surface area contributed by atoms with Gasteiger partial charge in [-0.05, 0) is 67.9 Å². The smallest absolute Gasteiger partial charge is 0.416 e. The van der Waals surface area contributed by atoms with E-state index in [0.29, 0.717) is 5.56 Å². The van der Waals surface area contributed by atoms with Gasteiger partial charge in [0.15, 0.2) is 0 Å². The van der Waals surface area contributed by atoms with Gasteiger partial charge < -0.3 is 10.1 Å². The van der Waals surface area contributed by atoms with Gasteiger partial charge in [0.25, 0.3) is 5.91 Å². The van der Waals surface area contributed by atoms with Crippen LogP contribution in [-0.2, 0) is 26.7 Å². The number of rotatable bonds is 6. The van der Waals surface area contributed by atoms with Crippen molar-refractivity contribution in [1.82, 2.24) is 0 Å². The molecule has 1 aliphatic rings.